The summed E-state index contributed by atoms with van der Waals surface area (Å²) in [6.07, 6.45) is 3.92. The van der Waals surface area contributed by atoms with E-state index in [1.54, 1.807) is 0 Å². The quantitative estimate of drug-likeness (QED) is 0.858. The van der Waals surface area contributed by atoms with Crippen LogP contribution < -0.4 is 5.32 Å². The molecule has 108 valence electrons. The molecular formula is C15H19BrN2O2. The van der Waals surface area contributed by atoms with Crippen LogP contribution in [-0.2, 0) is 9.59 Å². The molecule has 4 nitrogen and oxygen atoms in total. The predicted octanol–water partition coefficient (Wildman–Crippen LogP) is 2.75. The molecule has 0 spiro atoms. The van der Waals surface area contributed by atoms with Crippen molar-refractivity contribution in [3.8, 4) is 0 Å². The molecule has 1 saturated heterocycles. The highest BCUT2D eigenvalue weighted by atomic mass is 79.9. The third-order valence-corrected chi connectivity index (χ3v) is 4.50. The zero-order valence-electron chi connectivity index (χ0n) is 11.6. The third kappa shape index (κ3) is 3.90. The molecule has 0 aromatic heterocycles. The molecule has 1 heterocycles. The molecule has 2 rings (SSSR count). The summed E-state index contributed by atoms with van der Waals surface area (Å²) in [5.74, 6) is -0.0690. The first-order valence-corrected chi connectivity index (χ1v) is 7.65. The van der Waals surface area contributed by atoms with Crippen molar-refractivity contribution in [3.63, 3.8) is 0 Å². The number of amides is 1. The minimum absolute atomic E-state index is 0.0690. The van der Waals surface area contributed by atoms with Crippen molar-refractivity contribution < 1.29 is 9.59 Å². The van der Waals surface area contributed by atoms with E-state index in [1.807, 2.05) is 30.0 Å². The fraction of sp³-hybridized carbons (Fsp3) is 0.467. The van der Waals surface area contributed by atoms with E-state index < -0.39 is 0 Å². The molecule has 1 amide bonds. The van der Waals surface area contributed by atoms with Crippen molar-refractivity contribution in [2.45, 2.75) is 32.2 Å². The summed E-state index contributed by atoms with van der Waals surface area (Å²) >= 11 is 3.43. The number of nitrogens with one attached hydrogen (secondary N) is 1. The molecule has 20 heavy (non-hydrogen) atoms. The number of carbonyl (C=O) groups excluding carboxylic acids is 2. The molecule has 0 bridgehead atoms. The maximum Gasteiger partial charge on any atom is 0.238 e. The number of anilines is 1. The Morgan fingerprint density at radius 3 is 3.00 bits per heavy atom. The van der Waals surface area contributed by atoms with Gasteiger partial charge in [-0.3, -0.25) is 9.69 Å². The lowest BCUT2D eigenvalue weighted by Gasteiger charge is -2.31. The zero-order valence-corrected chi connectivity index (χ0v) is 13.1. The molecule has 1 aromatic rings. The number of nitrogens with zero attached hydrogens (tertiary/aromatic N) is 1. The molecule has 1 aliphatic heterocycles. The second-order valence-electron chi connectivity index (χ2n) is 5.18. The van der Waals surface area contributed by atoms with Crippen molar-refractivity contribution in [1.29, 1.82) is 0 Å². The largest absolute Gasteiger partial charge is 0.325 e. The van der Waals surface area contributed by atoms with Gasteiger partial charge in [0.1, 0.15) is 6.29 Å². The van der Waals surface area contributed by atoms with Crippen LogP contribution >= 0.6 is 15.9 Å². The Morgan fingerprint density at radius 1 is 1.50 bits per heavy atom. The first-order valence-electron chi connectivity index (χ1n) is 6.85. The van der Waals surface area contributed by atoms with Gasteiger partial charge in [-0.1, -0.05) is 22.4 Å². The second-order valence-corrected chi connectivity index (χ2v) is 6.04. The molecule has 5 heteroatoms. The molecule has 0 aliphatic carbocycles. The minimum Gasteiger partial charge on any atom is -0.325 e. The number of piperidine rings is 1. The maximum atomic E-state index is 12.1. The van der Waals surface area contributed by atoms with E-state index in [-0.39, 0.29) is 18.5 Å². The maximum absolute atomic E-state index is 12.1. The van der Waals surface area contributed by atoms with E-state index >= 15 is 0 Å². The topological polar surface area (TPSA) is 49.4 Å². The molecule has 1 aromatic carbocycles. The van der Waals surface area contributed by atoms with Gasteiger partial charge in [0.2, 0.25) is 5.91 Å². The Morgan fingerprint density at radius 2 is 2.30 bits per heavy atom. The van der Waals surface area contributed by atoms with E-state index in [1.165, 1.54) is 0 Å². The van der Waals surface area contributed by atoms with Crippen LogP contribution in [0.2, 0.25) is 0 Å². The minimum atomic E-state index is -0.110. The van der Waals surface area contributed by atoms with Gasteiger partial charge >= 0.3 is 0 Å². The summed E-state index contributed by atoms with van der Waals surface area (Å²) in [5, 5.41) is 2.88. The Bertz CT molecular complexity index is 505. The zero-order chi connectivity index (χ0) is 14.5. The molecule has 1 fully saturated rings. The van der Waals surface area contributed by atoms with Crippen LogP contribution in [0.1, 0.15) is 24.8 Å². The number of carbonyl (C=O) groups is 2. The molecule has 1 unspecified atom stereocenters. The fourth-order valence-electron chi connectivity index (χ4n) is 2.47. The average molecular weight is 339 g/mol. The lowest BCUT2D eigenvalue weighted by Crippen LogP contribution is -2.44. The smallest absolute Gasteiger partial charge is 0.238 e. The number of rotatable bonds is 4. The van der Waals surface area contributed by atoms with E-state index in [0.29, 0.717) is 0 Å². The number of aryl methyl sites for hydroxylation is 1. The van der Waals surface area contributed by atoms with Gasteiger partial charge in [0, 0.05) is 10.2 Å². The molecule has 0 radical (unpaired) electrons. The van der Waals surface area contributed by atoms with Crippen LogP contribution in [0.4, 0.5) is 5.69 Å². The molecular weight excluding hydrogens is 320 g/mol. The highest BCUT2D eigenvalue weighted by Crippen LogP contribution is 2.20. The molecule has 1 aliphatic rings. The van der Waals surface area contributed by atoms with E-state index in [4.69, 9.17) is 0 Å². The van der Waals surface area contributed by atoms with Gasteiger partial charge in [0.15, 0.2) is 0 Å². The average Bonchev–Trinajstić information content (AvgIpc) is 2.43. The fourth-order valence-corrected chi connectivity index (χ4v) is 2.72. The van der Waals surface area contributed by atoms with Crippen molar-refractivity contribution in [2.75, 3.05) is 18.4 Å². The van der Waals surface area contributed by atoms with Crippen molar-refractivity contribution in [2.24, 2.45) is 0 Å². The molecule has 1 atom stereocenters. The highest BCUT2D eigenvalue weighted by Gasteiger charge is 2.23. The lowest BCUT2D eigenvalue weighted by atomic mass is 10.0. The van der Waals surface area contributed by atoms with Crippen molar-refractivity contribution in [3.05, 3.63) is 28.2 Å². The Balaban J connectivity index is 1.94. The summed E-state index contributed by atoms with van der Waals surface area (Å²) in [6.45, 7) is 3.07. The van der Waals surface area contributed by atoms with Crippen molar-refractivity contribution >= 4 is 33.8 Å². The molecule has 1 N–H and O–H groups in total. The Kier molecular flexibility index (Phi) is 5.31. The number of aldehydes is 1. The van der Waals surface area contributed by atoms with E-state index in [9.17, 15) is 9.59 Å². The van der Waals surface area contributed by atoms with Crippen LogP contribution in [-0.4, -0.2) is 36.2 Å². The van der Waals surface area contributed by atoms with Gasteiger partial charge in [0.05, 0.1) is 12.6 Å². The standard InChI is InChI=1S/C15H19BrN2O2/c1-11-8-12(5-6-14(11)16)17-15(20)9-18-7-3-2-4-13(18)10-19/h5-6,8,10,13H,2-4,7,9H2,1H3,(H,17,20). The number of benzene rings is 1. The van der Waals surface area contributed by atoms with Gasteiger partial charge in [-0.05, 0) is 50.1 Å². The van der Waals surface area contributed by atoms with E-state index in [2.05, 4.69) is 21.2 Å². The van der Waals surface area contributed by atoms with Gasteiger partial charge in [-0.2, -0.15) is 0 Å². The normalized spacial score (nSPS) is 19.6. The first-order chi connectivity index (χ1) is 9.60. The summed E-state index contributed by atoms with van der Waals surface area (Å²) in [6, 6.07) is 5.60. The number of halogens is 1. The van der Waals surface area contributed by atoms with Crippen molar-refractivity contribution in [1.82, 2.24) is 4.90 Å². The number of hydrogen-bond acceptors (Lipinski definition) is 3. The van der Waals surface area contributed by atoms with Gasteiger partial charge in [-0.25, -0.2) is 0 Å². The Hall–Kier alpha value is -1.20. The van der Waals surface area contributed by atoms with Gasteiger partial charge < -0.3 is 10.1 Å². The SMILES string of the molecule is Cc1cc(NC(=O)CN2CCCCC2C=O)ccc1Br. The van der Waals surface area contributed by atoms with E-state index in [0.717, 1.165) is 47.8 Å². The second kappa shape index (κ2) is 6.99. The molecule has 0 saturated carbocycles. The summed E-state index contributed by atoms with van der Waals surface area (Å²) in [7, 11) is 0. The Labute approximate surface area is 127 Å². The van der Waals surface area contributed by atoms with Crippen LogP contribution in [0.15, 0.2) is 22.7 Å². The van der Waals surface area contributed by atoms with Crippen LogP contribution in [0.25, 0.3) is 0 Å². The van der Waals surface area contributed by atoms with Gasteiger partial charge in [0.25, 0.3) is 0 Å². The summed E-state index contributed by atoms with van der Waals surface area (Å²) in [5.41, 5.74) is 1.86. The van der Waals surface area contributed by atoms with Gasteiger partial charge in [-0.15, -0.1) is 0 Å². The number of likely N-dealkylation sites (tertiary alicyclic amines) is 1. The van der Waals surface area contributed by atoms with Crippen LogP contribution in [0.3, 0.4) is 0 Å². The third-order valence-electron chi connectivity index (χ3n) is 3.61. The summed E-state index contributed by atoms with van der Waals surface area (Å²) < 4.78 is 1.02. The number of hydrogen-bond donors (Lipinski definition) is 1. The monoisotopic (exact) mass is 338 g/mol. The first kappa shape index (κ1) is 15.2. The highest BCUT2D eigenvalue weighted by molar-refractivity contribution is 9.10. The van der Waals surface area contributed by atoms with Crippen LogP contribution in [0.5, 0.6) is 0 Å². The lowest BCUT2D eigenvalue weighted by molar-refractivity contribution is -0.120. The predicted molar refractivity (Wildman–Crippen MR) is 82.8 cm³/mol. The summed E-state index contributed by atoms with van der Waals surface area (Å²) in [4.78, 5) is 25.0. The van der Waals surface area contributed by atoms with Crippen LogP contribution in [0, 0.1) is 6.92 Å².